The second-order valence-corrected chi connectivity index (χ2v) is 5.62. The third-order valence-corrected chi connectivity index (χ3v) is 4.01. The molecule has 0 atom stereocenters. The summed E-state index contributed by atoms with van der Waals surface area (Å²) in [5.41, 5.74) is 0.473. The van der Waals surface area contributed by atoms with Gasteiger partial charge in [-0.05, 0) is 25.1 Å². The van der Waals surface area contributed by atoms with Crippen LogP contribution >= 0.6 is 0 Å². The first-order valence-corrected chi connectivity index (χ1v) is 7.84. The van der Waals surface area contributed by atoms with E-state index in [0.717, 1.165) is 32.6 Å². The highest BCUT2D eigenvalue weighted by molar-refractivity contribution is 5.78. The molecule has 7 heteroatoms. The van der Waals surface area contributed by atoms with E-state index in [-0.39, 0.29) is 18.5 Å². The van der Waals surface area contributed by atoms with E-state index >= 15 is 0 Å². The zero-order valence-corrected chi connectivity index (χ0v) is 12.9. The van der Waals surface area contributed by atoms with Gasteiger partial charge in [0.2, 0.25) is 5.95 Å². The van der Waals surface area contributed by atoms with Crippen molar-refractivity contribution in [3.05, 3.63) is 34.6 Å². The van der Waals surface area contributed by atoms with E-state index in [4.69, 9.17) is 5.11 Å². The highest BCUT2D eigenvalue weighted by atomic mass is 16.4. The molecule has 3 rings (SSSR count). The van der Waals surface area contributed by atoms with Gasteiger partial charge in [0.05, 0.1) is 17.3 Å². The third kappa shape index (κ3) is 3.34. The first kappa shape index (κ1) is 15.5. The fourth-order valence-electron chi connectivity index (χ4n) is 2.85. The SMILES string of the molecule is O=C(O)CCn1c(N2CCCNCC2)nc2ccccc2c1=O. The van der Waals surface area contributed by atoms with E-state index in [2.05, 4.69) is 15.2 Å². The lowest BCUT2D eigenvalue weighted by molar-refractivity contribution is -0.137. The van der Waals surface area contributed by atoms with Crippen LogP contribution in [0.3, 0.4) is 0 Å². The number of carbonyl (C=O) groups is 1. The molecule has 0 aliphatic carbocycles. The highest BCUT2D eigenvalue weighted by Gasteiger charge is 2.18. The van der Waals surface area contributed by atoms with Gasteiger partial charge >= 0.3 is 5.97 Å². The fraction of sp³-hybridized carbons (Fsp3) is 0.438. The van der Waals surface area contributed by atoms with Crippen LogP contribution in [0.4, 0.5) is 5.95 Å². The van der Waals surface area contributed by atoms with E-state index in [9.17, 15) is 9.59 Å². The summed E-state index contributed by atoms with van der Waals surface area (Å²) in [6.45, 7) is 3.43. The van der Waals surface area contributed by atoms with Crippen LogP contribution in [0.5, 0.6) is 0 Å². The number of hydrogen-bond donors (Lipinski definition) is 2. The molecule has 122 valence electrons. The number of fused-ring (bicyclic) bond motifs is 1. The van der Waals surface area contributed by atoms with Crippen LogP contribution in [0.2, 0.25) is 0 Å². The monoisotopic (exact) mass is 316 g/mol. The minimum absolute atomic E-state index is 0.0982. The Balaban J connectivity index is 2.10. The number of carboxylic acids is 1. The lowest BCUT2D eigenvalue weighted by Gasteiger charge is -2.24. The molecule has 1 aliphatic rings. The van der Waals surface area contributed by atoms with Gasteiger partial charge in [0, 0.05) is 26.2 Å². The van der Waals surface area contributed by atoms with E-state index < -0.39 is 5.97 Å². The lowest BCUT2D eigenvalue weighted by atomic mass is 10.2. The van der Waals surface area contributed by atoms with Crippen molar-refractivity contribution in [3.63, 3.8) is 0 Å². The number of nitrogens with zero attached hydrogens (tertiary/aromatic N) is 3. The molecule has 0 unspecified atom stereocenters. The third-order valence-electron chi connectivity index (χ3n) is 4.01. The van der Waals surface area contributed by atoms with Crippen molar-refractivity contribution in [1.29, 1.82) is 0 Å². The van der Waals surface area contributed by atoms with Crippen molar-refractivity contribution in [3.8, 4) is 0 Å². The Kier molecular flexibility index (Phi) is 4.57. The molecule has 2 N–H and O–H groups in total. The summed E-state index contributed by atoms with van der Waals surface area (Å²) in [4.78, 5) is 30.4. The maximum Gasteiger partial charge on any atom is 0.305 e. The van der Waals surface area contributed by atoms with Crippen molar-refractivity contribution in [1.82, 2.24) is 14.9 Å². The molecule has 1 aliphatic heterocycles. The lowest BCUT2D eigenvalue weighted by Crippen LogP contribution is -2.35. The molecule has 1 fully saturated rings. The van der Waals surface area contributed by atoms with Gasteiger partial charge in [0.25, 0.3) is 5.56 Å². The Labute approximate surface area is 133 Å². The van der Waals surface area contributed by atoms with Crippen LogP contribution in [-0.2, 0) is 11.3 Å². The maximum absolute atomic E-state index is 12.8. The summed E-state index contributed by atoms with van der Waals surface area (Å²) < 4.78 is 1.50. The molecule has 1 aromatic heterocycles. The Morgan fingerprint density at radius 1 is 1.26 bits per heavy atom. The molecular formula is C16H20N4O3. The maximum atomic E-state index is 12.8. The van der Waals surface area contributed by atoms with Crippen LogP contribution < -0.4 is 15.8 Å². The normalized spacial score (nSPS) is 15.6. The van der Waals surface area contributed by atoms with Crippen LogP contribution in [0, 0.1) is 0 Å². The van der Waals surface area contributed by atoms with Gasteiger partial charge in [-0.25, -0.2) is 4.98 Å². The van der Waals surface area contributed by atoms with E-state index in [0.29, 0.717) is 16.9 Å². The molecule has 7 nitrogen and oxygen atoms in total. The summed E-state index contributed by atoms with van der Waals surface area (Å²) in [6.07, 6.45) is 0.862. The molecule has 0 radical (unpaired) electrons. The second kappa shape index (κ2) is 6.78. The average Bonchev–Trinajstić information content (AvgIpc) is 2.83. The largest absolute Gasteiger partial charge is 0.481 e. The van der Waals surface area contributed by atoms with Crippen LogP contribution in [-0.4, -0.2) is 46.8 Å². The molecule has 1 aromatic carbocycles. The topological polar surface area (TPSA) is 87.5 Å². The van der Waals surface area contributed by atoms with Gasteiger partial charge in [-0.2, -0.15) is 0 Å². The van der Waals surface area contributed by atoms with Crippen molar-refractivity contribution in [2.24, 2.45) is 0 Å². The molecule has 0 bridgehead atoms. The first-order valence-electron chi connectivity index (χ1n) is 7.84. The minimum Gasteiger partial charge on any atom is -0.481 e. The molecule has 2 heterocycles. The van der Waals surface area contributed by atoms with Crippen molar-refractivity contribution in [2.75, 3.05) is 31.1 Å². The summed E-state index contributed by atoms with van der Waals surface area (Å²) >= 11 is 0. The van der Waals surface area contributed by atoms with Gasteiger partial charge in [-0.3, -0.25) is 14.2 Å². The highest BCUT2D eigenvalue weighted by Crippen LogP contribution is 2.16. The predicted molar refractivity (Wildman–Crippen MR) is 88.0 cm³/mol. The molecule has 23 heavy (non-hydrogen) atoms. The van der Waals surface area contributed by atoms with Gasteiger partial charge in [-0.1, -0.05) is 12.1 Å². The number of nitrogens with one attached hydrogen (secondary N) is 1. The molecule has 0 saturated carbocycles. The number of carboxylic acid groups (broad SMARTS) is 1. The van der Waals surface area contributed by atoms with Gasteiger partial charge < -0.3 is 15.3 Å². The predicted octanol–water partition coefficient (Wildman–Crippen LogP) is 0.671. The van der Waals surface area contributed by atoms with E-state index in [1.165, 1.54) is 4.57 Å². The molecule has 2 aromatic rings. The number of benzene rings is 1. The van der Waals surface area contributed by atoms with E-state index in [1.54, 1.807) is 12.1 Å². The molecular weight excluding hydrogens is 296 g/mol. The number of rotatable bonds is 4. The summed E-state index contributed by atoms with van der Waals surface area (Å²) in [5.74, 6) is -0.354. The molecule has 0 spiro atoms. The zero-order chi connectivity index (χ0) is 16.2. The second-order valence-electron chi connectivity index (χ2n) is 5.62. The number of para-hydroxylation sites is 1. The summed E-state index contributed by atoms with van der Waals surface area (Å²) in [5, 5.41) is 12.8. The van der Waals surface area contributed by atoms with Crippen molar-refractivity contribution < 1.29 is 9.90 Å². The molecule has 0 amide bonds. The van der Waals surface area contributed by atoms with Gasteiger partial charge in [0.1, 0.15) is 0 Å². The van der Waals surface area contributed by atoms with Crippen LogP contribution in [0.1, 0.15) is 12.8 Å². The number of aromatic nitrogens is 2. The average molecular weight is 316 g/mol. The Bertz CT molecular complexity index is 763. The quantitative estimate of drug-likeness (QED) is 0.862. The Morgan fingerprint density at radius 3 is 2.91 bits per heavy atom. The van der Waals surface area contributed by atoms with Crippen LogP contribution in [0.15, 0.2) is 29.1 Å². The fourth-order valence-corrected chi connectivity index (χ4v) is 2.85. The van der Waals surface area contributed by atoms with Gasteiger partial charge in [0.15, 0.2) is 0 Å². The van der Waals surface area contributed by atoms with Crippen LogP contribution in [0.25, 0.3) is 10.9 Å². The Morgan fingerprint density at radius 2 is 2.09 bits per heavy atom. The summed E-state index contributed by atoms with van der Waals surface area (Å²) in [6, 6.07) is 7.19. The smallest absolute Gasteiger partial charge is 0.305 e. The number of aliphatic carboxylic acids is 1. The summed E-state index contributed by atoms with van der Waals surface area (Å²) in [7, 11) is 0. The number of anilines is 1. The van der Waals surface area contributed by atoms with Crippen molar-refractivity contribution >= 4 is 22.8 Å². The van der Waals surface area contributed by atoms with Crippen molar-refractivity contribution in [2.45, 2.75) is 19.4 Å². The minimum atomic E-state index is -0.923. The standard InChI is InChI=1S/C16H20N4O3/c21-14(22)6-10-20-15(23)12-4-1-2-5-13(12)18-16(20)19-9-3-7-17-8-11-19/h1-2,4-5,17H,3,6-11H2,(H,21,22). The zero-order valence-electron chi connectivity index (χ0n) is 12.9. The molecule has 1 saturated heterocycles. The van der Waals surface area contributed by atoms with Gasteiger partial charge in [-0.15, -0.1) is 0 Å². The van der Waals surface area contributed by atoms with E-state index in [1.807, 2.05) is 12.1 Å². The Hall–Kier alpha value is -2.41. The first-order chi connectivity index (χ1) is 11.2. The number of hydrogen-bond acceptors (Lipinski definition) is 5.